The Balaban J connectivity index is 0.952. The SMILES string of the molecule is Cc1c(C(F)F)cccc1[C@@H](C)Nc1nnc(C)c2cnc(-c3ccc(F)c(CN4CCC(c5ccc6c(c5)CN(C5CCC(=O)NC5=O)C6=O)CC4)c3)cc12. The molecular formula is C43H42F3N7O3. The van der Waals surface area contributed by atoms with Gasteiger partial charge in [-0.1, -0.05) is 30.3 Å². The number of piperidine rings is 2. The molecule has 5 aromatic rings. The van der Waals surface area contributed by atoms with E-state index >= 15 is 4.39 Å². The highest BCUT2D eigenvalue weighted by Crippen LogP contribution is 2.36. The Morgan fingerprint density at radius 3 is 2.48 bits per heavy atom. The summed E-state index contributed by atoms with van der Waals surface area (Å²) in [4.78, 5) is 45.8. The molecule has 0 saturated carbocycles. The largest absolute Gasteiger partial charge is 0.362 e. The maximum Gasteiger partial charge on any atom is 0.264 e. The van der Waals surface area contributed by atoms with Crippen LogP contribution in [0.5, 0.6) is 0 Å². The second kappa shape index (κ2) is 15.1. The minimum absolute atomic E-state index is 0.00150. The number of nitrogens with one attached hydrogen (secondary N) is 2. The number of carbonyl (C=O) groups is 3. The first-order valence-electron chi connectivity index (χ1n) is 19.0. The van der Waals surface area contributed by atoms with Crippen LogP contribution >= 0.6 is 0 Å². The Kier molecular flexibility index (Phi) is 10.0. The van der Waals surface area contributed by atoms with Crippen LogP contribution in [0.2, 0.25) is 0 Å². The second-order valence-electron chi connectivity index (χ2n) is 15.2. The van der Waals surface area contributed by atoms with Crippen molar-refractivity contribution in [3.8, 4) is 11.3 Å². The van der Waals surface area contributed by atoms with Crippen LogP contribution < -0.4 is 10.6 Å². The number of benzene rings is 3. The van der Waals surface area contributed by atoms with E-state index in [4.69, 9.17) is 4.98 Å². The highest BCUT2D eigenvalue weighted by atomic mass is 19.3. The number of pyridine rings is 1. The van der Waals surface area contributed by atoms with Crippen LogP contribution in [0.25, 0.3) is 22.0 Å². The smallest absolute Gasteiger partial charge is 0.264 e. The molecule has 2 fully saturated rings. The summed E-state index contributed by atoms with van der Waals surface area (Å²) in [6.07, 6.45) is 1.46. The third kappa shape index (κ3) is 7.11. The summed E-state index contributed by atoms with van der Waals surface area (Å²) in [7, 11) is 0. The fraction of sp³-hybridized carbons (Fsp3) is 0.349. The number of nitrogens with zero attached hydrogens (tertiary/aromatic N) is 5. The van der Waals surface area contributed by atoms with Gasteiger partial charge in [0.15, 0.2) is 5.82 Å². The third-order valence-electron chi connectivity index (χ3n) is 11.7. The van der Waals surface area contributed by atoms with Gasteiger partial charge in [0, 0.05) is 58.7 Å². The van der Waals surface area contributed by atoms with E-state index in [0.717, 1.165) is 59.0 Å². The van der Waals surface area contributed by atoms with E-state index in [0.29, 0.717) is 53.4 Å². The molecule has 8 rings (SSSR count). The van der Waals surface area contributed by atoms with Crippen LogP contribution in [0.15, 0.2) is 66.9 Å². The molecule has 3 aliphatic rings. The van der Waals surface area contributed by atoms with Crippen molar-refractivity contribution in [3.05, 3.63) is 117 Å². The Hall–Kier alpha value is -5.69. The number of alkyl halides is 2. The van der Waals surface area contributed by atoms with Crippen molar-refractivity contribution in [1.29, 1.82) is 0 Å². The quantitative estimate of drug-likeness (QED) is 0.147. The Labute approximate surface area is 322 Å². The van der Waals surface area contributed by atoms with Gasteiger partial charge in [-0.2, -0.15) is 5.10 Å². The third-order valence-corrected chi connectivity index (χ3v) is 11.7. The van der Waals surface area contributed by atoms with Gasteiger partial charge in [-0.15, -0.1) is 5.10 Å². The summed E-state index contributed by atoms with van der Waals surface area (Å²) in [6, 6.07) is 16.8. The van der Waals surface area contributed by atoms with Crippen LogP contribution in [0.4, 0.5) is 19.0 Å². The summed E-state index contributed by atoms with van der Waals surface area (Å²) in [5.74, 6) is -0.423. The van der Waals surface area contributed by atoms with E-state index in [1.807, 2.05) is 44.2 Å². The molecule has 0 aliphatic carbocycles. The highest BCUT2D eigenvalue weighted by Gasteiger charge is 2.39. The average molecular weight is 762 g/mol. The van der Waals surface area contributed by atoms with E-state index in [9.17, 15) is 23.2 Å². The minimum Gasteiger partial charge on any atom is -0.362 e. The van der Waals surface area contributed by atoms with Gasteiger partial charge < -0.3 is 10.2 Å². The van der Waals surface area contributed by atoms with Gasteiger partial charge in [0.25, 0.3) is 12.3 Å². The lowest BCUT2D eigenvalue weighted by molar-refractivity contribution is -0.136. The summed E-state index contributed by atoms with van der Waals surface area (Å²) in [5, 5.41) is 16.0. The fourth-order valence-electron chi connectivity index (χ4n) is 8.47. The molecule has 10 nitrogen and oxygen atoms in total. The molecule has 2 saturated heterocycles. The predicted molar refractivity (Wildman–Crippen MR) is 205 cm³/mol. The number of halogens is 3. The number of rotatable bonds is 9. The number of imide groups is 1. The fourth-order valence-corrected chi connectivity index (χ4v) is 8.47. The van der Waals surface area contributed by atoms with Crippen molar-refractivity contribution in [1.82, 2.24) is 30.3 Å². The van der Waals surface area contributed by atoms with Gasteiger partial charge in [-0.25, -0.2) is 13.2 Å². The van der Waals surface area contributed by atoms with Gasteiger partial charge in [0.2, 0.25) is 11.8 Å². The van der Waals surface area contributed by atoms with Crippen LogP contribution in [-0.4, -0.2) is 61.8 Å². The molecule has 13 heteroatoms. The van der Waals surface area contributed by atoms with E-state index in [2.05, 4.69) is 31.8 Å². The first-order chi connectivity index (χ1) is 26.9. The maximum atomic E-state index is 15.3. The minimum atomic E-state index is -2.57. The van der Waals surface area contributed by atoms with Gasteiger partial charge >= 0.3 is 0 Å². The molecular weight excluding hydrogens is 720 g/mol. The number of aromatic nitrogens is 3. The van der Waals surface area contributed by atoms with Crippen molar-refractivity contribution in [2.45, 2.75) is 84.0 Å². The molecule has 2 N–H and O–H groups in total. The Morgan fingerprint density at radius 1 is 0.929 bits per heavy atom. The number of carbonyl (C=O) groups excluding carboxylic acids is 3. The van der Waals surface area contributed by atoms with Gasteiger partial charge in [0.05, 0.1) is 17.4 Å². The van der Waals surface area contributed by atoms with Gasteiger partial charge in [-0.3, -0.25) is 29.6 Å². The lowest BCUT2D eigenvalue weighted by Gasteiger charge is -2.32. The molecule has 3 aromatic carbocycles. The number of anilines is 1. The number of amides is 3. The first kappa shape index (κ1) is 37.2. The molecule has 2 aromatic heterocycles. The number of hydrogen-bond donors (Lipinski definition) is 2. The molecule has 0 spiro atoms. The summed E-state index contributed by atoms with van der Waals surface area (Å²) < 4.78 is 42.6. The van der Waals surface area contributed by atoms with E-state index in [1.165, 1.54) is 12.1 Å². The van der Waals surface area contributed by atoms with Gasteiger partial charge in [-0.05, 0) is 112 Å². The van der Waals surface area contributed by atoms with E-state index in [-0.39, 0.29) is 41.6 Å². The number of hydrogen-bond acceptors (Lipinski definition) is 8. The molecule has 288 valence electrons. The van der Waals surface area contributed by atoms with Crippen LogP contribution in [-0.2, 0) is 22.7 Å². The normalized spacial score (nSPS) is 18.4. The topological polar surface area (TPSA) is 120 Å². The highest BCUT2D eigenvalue weighted by molar-refractivity contribution is 6.05. The lowest BCUT2D eigenvalue weighted by Crippen LogP contribution is -2.52. The summed E-state index contributed by atoms with van der Waals surface area (Å²) in [5.41, 5.74) is 6.57. The zero-order valence-electron chi connectivity index (χ0n) is 31.4. The number of aryl methyl sites for hydroxylation is 1. The zero-order chi connectivity index (χ0) is 39.2. The zero-order valence-corrected chi connectivity index (χ0v) is 31.4. The molecule has 56 heavy (non-hydrogen) atoms. The van der Waals surface area contributed by atoms with Crippen molar-refractivity contribution in [2.24, 2.45) is 0 Å². The van der Waals surface area contributed by atoms with E-state index in [1.54, 1.807) is 30.2 Å². The molecule has 5 heterocycles. The van der Waals surface area contributed by atoms with Crippen molar-refractivity contribution >= 4 is 34.3 Å². The number of fused-ring (bicyclic) bond motifs is 2. The molecule has 0 radical (unpaired) electrons. The molecule has 2 atom stereocenters. The standard InChI is InChI=1S/C43H42F3N7O3/c1-23-31(5-4-6-32(23)40(45)46)24(2)48-41-34-19-37(47-20-35(34)25(3)50-51-41)28-8-10-36(44)30(18-28)21-52-15-13-26(14-16-52)27-7-9-33-29(17-27)22-53(43(33)56)38-11-12-39(54)49-42(38)55/h4-10,17-20,24,26,38,40H,11-16,21-22H2,1-3H3,(H,48,51)(H,49,54,55)/t24-,38?/m1/s1. The van der Waals surface area contributed by atoms with Crippen molar-refractivity contribution in [3.63, 3.8) is 0 Å². The molecule has 0 bridgehead atoms. The second-order valence-corrected chi connectivity index (χ2v) is 15.2. The van der Waals surface area contributed by atoms with Gasteiger partial charge in [0.1, 0.15) is 11.9 Å². The van der Waals surface area contributed by atoms with Crippen molar-refractivity contribution < 1.29 is 27.6 Å². The summed E-state index contributed by atoms with van der Waals surface area (Å²) >= 11 is 0. The lowest BCUT2D eigenvalue weighted by atomic mass is 9.87. The molecule has 3 amide bonds. The molecule has 1 unspecified atom stereocenters. The first-order valence-corrected chi connectivity index (χ1v) is 19.0. The average Bonchev–Trinajstić information content (AvgIpc) is 3.51. The Bertz CT molecular complexity index is 2380. The van der Waals surface area contributed by atoms with Crippen LogP contribution in [0.1, 0.15) is 100 Å². The van der Waals surface area contributed by atoms with Crippen molar-refractivity contribution in [2.75, 3.05) is 18.4 Å². The van der Waals surface area contributed by atoms with Crippen LogP contribution in [0, 0.1) is 19.7 Å². The summed E-state index contributed by atoms with van der Waals surface area (Å²) in [6.45, 7) is 7.76. The maximum absolute atomic E-state index is 15.3. The molecule has 3 aliphatic heterocycles. The van der Waals surface area contributed by atoms with Crippen LogP contribution in [0.3, 0.4) is 0 Å². The number of likely N-dealkylation sites (tertiary alicyclic amines) is 1. The van der Waals surface area contributed by atoms with E-state index < -0.39 is 18.4 Å². The Morgan fingerprint density at radius 2 is 1.71 bits per heavy atom. The monoisotopic (exact) mass is 761 g/mol. The predicted octanol–water partition coefficient (Wildman–Crippen LogP) is 7.70.